The third-order valence-corrected chi connectivity index (χ3v) is 4.34. The quantitative estimate of drug-likeness (QED) is 0.643. The Morgan fingerprint density at radius 2 is 1.15 bits per heavy atom. The van der Waals surface area contributed by atoms with Crippen molar-refractivity contribution in [2.75, 3.05) is 6.61 Å². The first-order valence-electron chi connectivity index (χ1n) is 8.43. The van der Waals surface area contributed by atoms with E-state index in [1.54, 1.807) is 0 Å². The summed E-state index contributed by atoms with van der Waals surface area (Å²) in [7, 11) is 0. The van der Waals surface area contributed by atoms with Crippen LogP contribution in [0.25, 0.3) is 0 Å². The van der Waals surface area contributed by atoms with Gasteiger partial charge < -0.3 is 15.6 Å². The van der Waals surface area contributed by atoms with Crippen molar-refractivity contribution in [2.24, 2.45) is 5.73 Å². The molecule has 0 heterocycles. The highest BCUT2D eigenvalue weighted by Crippen LogP contribution is 2.40. The van der Waals surface area contributed by atoms with Crippen LogP contribution in [0.1, 0.15) is 16.7 Å². The van der Waals surface area contributed by atoms with E-state index in [0.29, 0.717) is 0 Å². The maximum absolute atomic E-state index is 11.2. The Hall–Kier alpha value is -2.95. The summed E-state index contributed by atoms with van der Waals surface area (Å²) in [5.74, 6) is -1.09. The Balaban J connectivity index is 2.19. The Labute approximate surface area is 152 Å². The molecule has 3 aromatic carbocycles. The fourth-order valence-electron chi connectivity index (χ4n) is 3.05. The van der Waals surface area contributed by atoms with Crippen molar-refractivity contribution >= 4 is 5.97 Å². The SMILES string of the molecule is NC(COC(c1ccccc1)(c1ccccc1)c1ccccc1)C(=O)O. The first kappa shape index (κ1) is 17.9. The molecule has 1 unspecified atom stereocenters. The van der Waals surface area contributed by atoms with E-state index < -0.39 is 17.6 Å². The number of benzene rings is 3. The van der Waals surface area contributed by atoms with Gasteiger partial charge in [-0.05, 0) is 16.7 Å². The van der Waals surface area contributed by atoms with Gasteiger partial charge in [-0.15, -0.1) is 0 Å². The molecule has 0 radical (unpaired) electrons. The molecule has 132 valence electrons. The molecule has 0 aliphatic heterocycles. The molecule has 0 fully saturated rings. The average Bonchev–Trinajstić information content (AvgIpc) is 2.70. The number of hydrogen-bond donors (Lipinski definition) is 2. The molecular weight excluding hydrogens is 326 g/mol. The molecule has 1 atom stereocenters. The van der Waals surface area contributed by atoms with Gasteiger partial charge in [0.1, 0.15) is 11.6 Å². The maximum Gasteiger partial charge on any atom is 0.322 e. The number of ether oxygens (including phenoxy) is 1. The van der Waals surface area contributed by atoms with E-state index in [4.69, 9.17) is 10.5 Å². The summed E-state index contributed by atoms with van der Waals surface area (Å²) in [6, 6.07) is 28.2. The molecule has 0 bridgehead atoms. The number of carboxylic acids is 1. The highest BCUT2D eigenvalue weighted by molar-refractivity contribution is 5.73. The van der Waals surface area contributed by atoms with Crippen LogP contribution in [0.4, 0.5) is 0 Å². The largest absolute Gasteiger partial charge is 0.480 e. The van der Waals surface area contributed by atoms with Crippen LogP contribution in [0, 0.1) is 0 Å². The normalized spacial score (nSPS) is 12.5. The zero-order chi connectivity index (χ0) is 18.4. The van der Waals surface area contributed by atoms with Gasteiger partial charge >= 0.3 is 5.97 Å². The lowest BCUT2D eigenvalue weighted by Crippen LogP contribution is -2.41. The minimum absolute atomic E-state index is 0.117. The Kier molecular flexibility index (Phi) is 5.46. The van der Waals surface area contributed by atoms with Crippen LogP contribution in [0.2, 0.25) is 0 Å². The lowest BCUT2D eigenvalue weighted by atomic mass is 9.80. The minimum Gasteiger partial charge on any atom is -0.480 e. The van der Waals surface area contributed by atoms with Crippen molar-refractivity contribution in [3.63, 3.8) is 0 Å². The number of rotatable bonds is 7. The fraction of sp³-hybridized carbons (Fsp3) is 0.136. The van der Waals surface area contributed by atoms with Crippen molar-refractivity contribution in [3.05, 3.63) is 108 Å². The number of hydrogen-bond acceptors (Lipinski definition) is 3. The standard InChI is InChI=1S/C22H21NO3/c23-20(21(24)25)16-26-22(17-10-4-1-5-11-17,18-12-6-2-7-13-18)19-14-8-3-9-15-19/h1-15,20H,16,23H2,(H,24,25). The van der Waals surface area contributed by atoms with Gasteiger partial charge in [-0.2, -0.15) is 0 Å². The van der Waals surface area contributed by atoms with Crippen LogP contribution < -0.4 is 5.73 Å². The Morgan fingerprint density at radius 1 is 0.808 bits per heavy atom. The topological polar surface area (TPSA) is 72.5 Å². The first-order valence-corrected chi connectivity index (χ1v) is 8.43. The van der Waals surface area contributed by atoms with E-state index in [1.165, 1.54) is 0 Å². The second-order valence-corrected chi connectivity index (χ2v) is 6.03. The van der Waals surface area contributed by atoms with Crippen molar-refractivity contribution in [3.8, 4) is 0 Å². The van der Waals surface area contributed by atoms with E-state index in [2.05, 4.69) is 0 Å². The predicted molar refractivity (Wildman–Crippen MR) is 101 cm³/mol. The summed E-state index contributed by atoms with van der Waals surface area (Å²) in [6.45, 7) is -0.117. The van der Waals surface area contributed by atoms with E-state index in [9.17, 15) is 9.90 Å². The zero-order valence-corrected chi connectivity index (χ0v) is 14.3. The predicted octanol–water partition coefficient (Wildman–Crippen LogP) is 3.41. The summed E-state index contributed by atoms with van der Waals surface area (Å²) in [5.41, 5.74) is 7.52. The van der Waals surface area contributed by atoms with Gasteiger partial charge in [-0.3, -0.25) is 4.79 Å². The fourth-order valence-corrected chi connectivity index (χ4v) is 3.05. The van der Waals surface area contributed by atoms with Gasteiger partial charge in [0.25, 0.3) is 0 Å². The second kappa shape index (κ2) is 7.95. The third-order valence-electron chi connectivity index (χ3n) is 4.34. The summed E-state index contributed by atoms with van der Waals surface area (Å²) in [4.78, 5) is 11.2. The van der Waals surface area contributed by atoms with Crippen LogP contribution in [0.3, 0.4) is 0 Å². The Bertz CT molecular complexity index is 738. The van der Waals surface area contributed by atoms with Crippen LogP contribution in [0.5, 0.6) is 0 Å². The van der Waals surface area contributed by atoms with Crippen molar-refractivity contribution < 1.29 is 14.6 Å². The molecular formula is C22H21NO3. The summed E-state index contributed by atoms with van der Waals surface area (Å²) in [6.07, 6.45) is 0. The van der Waals surface area contributed by atoms with E-state index in [-0.39, 0.29) is 6.61 Å². The van der Waals surface area contributed by atoms with Crippen molar-refractivity contribution in [2.45, 2.75) is 11.6 Å². The van der Waals surface area contributed by atoms with Gasteiger partial charge in [0.15, 0.2) is 0 Å². The lowest BCUT2D eigenvalue weighted by molar-refractivity contribution is -0.141. The molecule has 0 saturated heterocycles. The average molecular weight is 347 g/mol. The number of aliphatic carboxylic acids is 1. The maximum atomic E-state index is 11.2. The number of carbonyl (C=O) groups is 1. The summed E-state index contributed by atoms with van der Waals surface area (Å²) < 4.78 is 6.31. The van der Waals surface area contributed by atoms with E-state index in [1.807, 2.05) is 91.0 Å². The van der Waals surface area contributed by atoms with Crippen molar-refractivity contribution in [1.82, 2.24) is 0 Å². The molecule has 0 amide bonds. The molecule has 0 aliphatic carbocycles. The van der Waals surface area contributed by atoms with Gasteiger partial charge in [0.05, 0.1) is 6.61 Å². The van der Waals surface area contributed by atoms with Crippen molar-refractivity contribution in [1.29, 1.82) is 0 Å². The van der Waals surface area contributed by atoms with Crippen LogP contribution >= 0.6 is 0 Å². The van der Waals surface area contributed by atoms with Gasteiger partial charge in [-0.25, -0.2) is 0 Å². The molecule has 0 saturated carbocycles. The van der Waals surface area contributed by atoms with Gasteiger partial charge in [-0.1, -0.05) is 91.0 Å². The summed E-state index contributed by atoms with van der Waals surface area (Å²) >= 11 is 0. The highest BCUT2D eigenvalue weighted by Gasteiger charge is 2.38. The highest BCUT2D eigenvalue weighted by atomic mass is 16.5. The third kappa shape index (κ3) is 3.52. The molecule has 4 heteroatoms. The molecule has 0 aliphatic rings. The molecule has 0 aromatic heterocycles. The van der Waals surface area contributed by atoms with Gasteiger partial charge in [0.2, 0.25) is 0 Å². The molecule has 26 heavy (non-hydrogen) atoms. The van der Waals surface area contributed by atoms with Crippen LogP contribution in [0.15, 0.2) is 91.0 Å². The minimum atomic E-state index is -1.11. The molecule has 3 aromatic rings. The van der Waals surface area contributed by atoms with E-state index in [0.717, 1.165) is 16.7 Å². The second-order valence-electron chi connectivity index (χ2n) is 6.03. The molecule has 0 spiro atoms. The lowest BCUT2D eigenvalue weighted by Gasteiger charge is -2.36. The smallest absolute Gasteiger partial charge is 0.322 e. The number of carboxylic acid groups (broad SMARTS) is 1. The number of nitrogens with two attached hydrogens (primary N) is 1. The summed E-state index contributed by atoms with van der Waals surface area (Å²) in [5, 5.41) is 9.19. The van der Waals surface area contributed by atoms with Crippen LogP contribution in [-0.2, 0) is 15.1 Å². The molecule has 4 nitrogen and oxygen atoms in total. The van der Waals surface area contributed by atoms with E-state index >= 15 is 0 Å². The van der Waals surface area contributed by atoms with Crippen LogP contribution in [-0.4, -0.2) is 23.7 Å². The Morgan fingerprint density at radius 3 is 1.46 bits per heavy atom. The molecule has 3 N–H and O–H groups in total. The van der Waals surface area contributed by atoms with Gasteiger partial charge in [0, 0.05) is 0 Å². The monoisotopic (exact) mass is 347 g/mol. The molecule has 3 rings (SSSR count). The first-order chi connectivity index (χ1) is 12.6. The zero-order valence-electron chi connectivity index (χ0n) is 14.3.